The average Bonchev–Trinajstić information content (AvgIpc) is 2.55. The highest BCUT2D eigenvalue weighted by molar-refractivity contribution is 5.86. The fourth-order valence-corrected chi connectivity index (χ4v) is 2.64. The van der Waals surface area contributed by atoms with E-state index in [4.69, 9.17) is 9.47 Å². The van der Waals surface area contributed by atoms with E-state index in [9.17, 15) is 4.79 Å². The van der Waals surface area contributed by atoms with E-state index in [0.29, 0.717) is 11.5 Å². The predicted molar refractivity (Wildman–Crippen MR) is 85.7 cm³/mol. The number of benzene rings is 1. The quantitative estimate of drug-likeness (QED) is 0.649. The van der Waals surface area contributed by atoms with Crippen LogP contribution in [-0.4, -0.2) is 32.5 Å². The van der Waals surface area contributed by atoms with E-state index in [2.05, 4.69) is 15.8 Å². The monoisotopic (exact) mass is 305 g/mol. The minimum atomic E-state index is -0.273. The van der Waals surface area contributed by atoms with Crippen LogP contribution in [-0.2, 0) is 0 Å². The van der Waals surface area contributed by atoms with E-state index in [1.54, 1.807) is 26.5 Å². The number of hydrazone groups is 1. The van der Waals surface area contributed by atoms with E-state index in [-0.39, 0.29) is 12.1 Å². The second-order valence-electron chi connectivity index (χ2n) is 5.26. The van der Waals surface area contributed by atoms with Gasteiger partial charge in [0.05, 0.1) is 20.4 Å². The number of nitrogens with zero attached hydrogens (tertiary/aromatic N) is 1. The molecule has 6 nitrogen and oxygen atoms in total. The number of hydrogen-bond donors (Lipinski definition) is 2. The van der Waals surface area contributed by atoms with Gasteiger partial charge >= 0.3 is 6.03 Å². The topological polar surface area (TPSA) is 72.0 Å². The van der Waals surface area contributed by atoms with Gasteiger partial charge < -0.3 is 14.8 Å². The van der Waals surface area contributed by atoms with Gasteiger partial charge in [0, 0.05) is 11.6 Å². The van der Waals surface area contributed by atoms with Crippen LogP contribution in [0.4, 0.5) is 4.79 Å². The third-order valence-electron chi connectivity index (χ3n) is 3.74. The second-order valence-corrected chi connectivity index (χ2v) is 5.26. The maximum atomic E-state index is 11.8. The minimum Gasteiger partial charge on any atom is -0.493 e. The third kappa shape index (κ3) is 4.38. The molecule has 0 bridgehead atoms. The van der Waals surface area contributed by atoms with Gasteiger partial charge in [0.25, 0.3) is 0 Å². The first kappa shape index (κ1) is 16.1. The zero-order valence-corrected chi connectivity index (χ0v) is 13.1. The molecule has 1 saturated carbocycles. The summed E-state index contributed by atoms with van der Waals surface area (Å²) < 4.78 is 10.5. The van der Waals surface area contributed by atoms with Gasteiger partial charge in [0.15, 0.2) is 11.5 Å². The van der Waals surface area contributed by atoms with Crippen LogP contribution in [0.1, 0.15) is 37.7 Å². The van der Waals surface area contributed by atoms with Gasteiger partial charge in [-0.15, -0.1) is 0 Å². The molecule has 1 aromatic carbocycles. The molecular weight excluding hydrogens is 282 g/mol. The number of ether oxygens (including phenoxy) is 2. The Morgan fingerprint density at radius 3 is 2.68 bits per heavy atom. The van der Waals surface area contributed by atoms with Gasteiger partial charge in [-0.3, -0.25) is 0 Å². The highest BCUT2D eigenvalue weighted by Crippen LogP contribution is 2.29. The molecule has 0 saturated heterocycles. The average molecular weight is 305 g/mol. The van der Waals surface area contributed by atoms with E-state index < -0.39 is 0 Å². The fourth-order valence-electron chi connectivity index (χ4n) is 2.64. The van der Waals surface area contributed by atoms with Crippen molar-refractivity contribution in [1.82, 2.24) is 10.7 Å². The number of rotatable bonds is 5. The van der Waals surface area contributed by atoms with Crippen molar-refractivity contribution < 1.29 is 14.3 Å². The maximum absolute atomic E-state index is 11.8. The Hall–Kier alpha value is -2.24. The lowest BCUT2D eigenvalue weighted by Crippen LogP contribution is -2.41. The summed E-state index contributed by atoms with van der Waals surface area (Å²) in [6.45, 7) is 0. The second kappa shape index (κ2) is 8.26. The first-order valence-corrected chi connectivity index (χ1v) is 7.55. The van der Waals surface area contributed by atoms with Crippen LogP contribution in [0.2, 0.25) is 0 Å². The summed E-state index contributed by atoms with van der Waals surface area (Å²) in [7, 11) is 3.15. The van der Waals surface area contributed by atoms with Crippen molar-refractivity contribution in [3.05, 3.63) is 23.8 Å². The normalized spacial score (nSPS) is 15.5. The maximum Gasteiger partial charge on any atom is 0.335 e. The molecule has 120 valence electrons. The Balaban J connectivity index is 1.90. The number of hydrogen-bond acceptors (Lipinski definition) is 4. The molecule has 0 heterocycles. The van der Waals surface area contributed by atoms with E-state index in [0.717, 1.165) is 18.4 Å². The molecule has 1 aromatic rings. The Labute approximate surface area is 130 Å². The molecular formula is C16H23N3O3. The largest absolute Gasteiger partial charge is 0.493 e. The van der Waals surface area contributed by atoms with Crippen LogP contribution >= 0.6 is 0 Å². The number of nitrogens with one attached hydrogen (secondary N) is 2. The van der Waals surface area contributed by atoms with Gasteiger partial charge in [0.1, 0.15) is 0 Å². The predicted octanol–water partition coefficient (Wildman–Crippen LogP) is 2.67. The van der Waals surface area contributed by atoms with Crippen LogP contribution in [0, 0.1) is 0 Å². The number of carbonyl (C=O) groups excluding carboxylic acids is 1. The zero-order valence-electron chi connectivity index (χ0n) is 13.1. The van der Waals surface area contributed by atoms with Crippen LogP contribution in [0.5, 0.6) is 11.5 Å². The van der Waals surface area contributed by atoms with E-state index >= 15 is 0 Å². The highest BCUT2D eigenvalue weighted by Gasteiger charge is 2.15. The summed E-state index contributed by atoms with van der Waals surface area (Å²) >= 11 is 0. The molecule has 0 aromatic heterocycles. The first-order valence-electron chi connectivity index (χ1n) is 7.55. The van der Waals surface area contributed by atoms with Gasteiger partial charge in [-0.05, 0) is 25.0 Å². The lowest BCUT2D eigenvalue weighted by Gasteiger charge is -2.22. The molecule has 0 unspecified atom stereocenters. The summed E-state index contributed by atoms with van der Waals surface area (Å²) in [5.74, 6) is 1.21. The van der Waals surface area contributed by atoms with Gasteiger partial charge in [-0.2, -0.15) is 5.10 Å². The van der Waals surface area contributed by atoms with Crippen molar-refractivity contribution in [1.29, 1.82) is 0 Å². The summed E-state index contributed by atoms with van der Waals surface area (Å²) in [5.41, 5.74) is 3.23. The summed E-state index contributed by atoms with van der Waals surface area (Å²) in [5, 5.41) is 6.90. The lowest BCUT2D eigenvalue weighted by atomic mass is 9.96. The SMILES string of the molecule is COc1cccc(/C=N/NC(=O)NC2CCCCC2)c1OC. The molecule has 1 aliphatic carbocycles. The molecule has 2 rings (SSSR count). The molecule has 2 N–H and O–H groups in total. The van der Waals surface area contributed by atoms with Crippen molar-refractivity contribution >= 4 is 12.2 Å². The number of amides is 2. The molecule has 1 aliphatic rings. The van der Waals surface area contributed by atoms with Crippen molar-refractivity contribution in [2.45, 2.75) is 38.1 Å². The Bertz CT molecular complexity index is 525. The third-order valence-corrected chi connectivity index (χ3v) is 3.74. The fraction of sp³-hybridized carbons (Fsp3) is 0.500. The molecule has 0 atom stereocenters. The smallest absolute Gasteiger partial charge is 0.335 e. The molecule has 0 spiro atoms. The van der Waals surface area contributed by atoms with Crippen molar-refractivity contribution in [3.63, 3.8) is 0 Å². The first-order chi connectivity index (χ1) is 10.7. The Kier molecular flexibility index (Phi) is 6.06. The number of urea groups is 1. The van der Waals surface area contributed by atoms with Crippen molar-refractivity contribution in [3.8, 4) is 11.5 Å². The standard InChI is InChI=1S/C16H23N3O3/c1-21-14-10-6-7-12(15(14)22-2)11-17-19-16(20)18-13-8-4-3-5-9-13/h6-7,10-11,13H,3-5,8-9H2,1-2H3,(H2,18,19,20)/b17-11+. The molecule has 2 amide bonds. The summed E-state index contributed by atoms with van der Waals surface area (Å²) in [6, 6.07) is 5.47. The molecule has 1 fully saturated rings. The van der Waals surface area contributed by atoms with E-state index in [1.807, 2.05) is 12.1 Å². The number of carbonyl (C=O) groups is 1. The van der Waals surface area contributed by atoms with Crippen LogP contribution in [0.15, 0.2) is 23.3 Å². The van der Waals surface area contributed by atoms with E-state index in [1.165, 1.54) is 19.3 Å². The molecule has 0 radical (unpaired) electrons. The van der Waals surface area contributed by atoms with Gasteiger partial charge in [-0.25, -0.2) is 10.2 Å². The Morgan fingerprint density at radius 2 is 2.00 bits per heavy atom. The zero-order chi connectivity index (χ0) is 15.8. The van der Waals surface area contributed by atoms with Crippen molar-refractivity contribution in [2.24, 2.45) is 5.10 Å². The summed E-state index contributed by atoms with van der Waals surface area (Å²) in [6.07, 6.45) is 7.24. The number of methoxy groups -OCH3 is 2. The van der Waals surface area contributed by atoms with Crippen LogP contribution in [0.3, 0.4) is 0 Å². The number of para-hydroxylation sites is 1. The lowest BCUT2D eigenvalue weighted by molar-refractivity contribution is 0.233. The van der Waals surface area contributed by atoms with Crippen LogP contribution < -0.4 is 20.2 Å². The van der Waals surface area contributed by atoms with Gasteiger partial charge in [-0.1, -0.05) is 25.3 Å². The highest BCUT2D eigenvalue weighted by atomic mass is 16.5. The molecule has 6 heteroatoms. The minimum absolute atomic E-state index is 0.260. The summed E-state index contributed by atoms with van der Waals surface area (Å²) in [4.78, 5) is 11.8. The van der Waals surface area contributed by atoms with Crippen LogP contribution in [0.25, 0.3) is 0 Å². The van der Waals surface area contributed by atoms with Crippen molar-refractivity contribution in [2.75, 3.05) is 14.2 Å². The van der Waals surface area contributed by atoms with Gasteiger partial charge in [0.2, 0.25) is 0 Å². The molecule has 22 heavy (non-hydrogen) atoms. The Morgan fingerprint density at radius 1 is 1.23 bits per heavy atom. The molecule has 0 aliphatic heterocycles.